The monoisotopic (exact) mass is 320 g/mol. The zero-order chi connectivity index (χ0) is 17.3. The molecule has 0 aromatic carbocycles. The van der Waals surface area contributed by atoms with Crippen molar-refractivity contribution in [1.29, 1.82) is 0 Å². The highest BCUT2D eigenvalue weighted by atomic mass is 16.5. The summed E-state index contributed by atoms with van der Waals surface area (Å²) < 4.78 is 7.82. The smallest absolute Gasteiger partial charge is 0.0662 e. The molecule has 1 fully saturated rings. The molecule has 132 valence electrons. The lowest BCUT2D eigenvalue weighted by molar-refractivity contribution is 0.0621. The Labute approximate surface area is 142 Å². The molecule has 0 saturated carbocycles. The topological polar surface area (TPSA) is 27.1 Å². The lowest BCUT2D eigenvalue weighted by Crippen LogP contribution is -2.26. The van der Waals surface area contributed by atoms with E-state index in [0.717, 1.165) is 32.1 Å². The third-order valence-corrected chi connectivity index (χ3v) is 4.91. The van der Waals surface area contributed by atoms with Crippen molar-refractivity contribution in [2.45, 2.75) is 91.5 Å². The van der Waals surface area contributed by atoms with E-state index in [2.05, 4.69) is 53.1 Å². The average molecular weight is 321 g/mol. The summed E-state index contributed by atoms with van der Waals surface area (Å²) in [6.07, 6.45) is 4.65. The molecule has 2 heterocycles. The van der Waals surface area contributed by atoms with Gasteiger partial charge in [-0.25, -0.2) is 0 Å². The number of hydrogen-bond donors (Lipinski definition) is 0. The van der Waals surface area contributed by atoms with Crippen LogP contribution in [0.25, 0.3) is 0 Å². The van der Waals surface area contributed by atoms with Gasteiger partial charge < -0.3 is 4.74 Å². The van der Waals surface area contributed by atoms with Gasteiger partial charge in [0.05, 0.1) is 5.69 Å². The summed E-state index contributed by atoms with van der Waals surface area (Å²) in [7, 11) is 0. The van der Waals surface area contributed by atoms with Gasteiger partial charge in [-0.3, -0.25) is 4.68 Å². The van der Waals surface area contributed by atoms with Crippen LogP contribution in [0.5, 0.6) is 0 Å². The Kier molecular flexibility index (Phi) is 5.60. The fourth-order valence-corrected chi connectivity index (χ4v) is 3.81. The van der Waals surface area contributed by atoms with Crippen molar-refractivity contribution in [3.05, 3.63) is 17.0 Å². The fraction of sp³-hybridized carbons (Fsp3) is 0.850. The first-order chi connectivity index (χ1) is 10.6. The summed E-state index contributed by atoms with van der Waals surface area (Å²) in [5.74, 6) is 0.795. The van der Waals surface area contributed by atoms with E-state index < -0.39 is 0 Å². The summed E-state index contributed by atoms with van der Waals surface area (Å²) >= 11 is 0. The molecule has 0 radical (unpaired) electrons. The maximum atomic E-state index is 5.49. The number of aromatic nitrogens is 2. The molecule has 1 aromatic heterocycles. The largest absolute Gasteiger partial charge is 0.381 e. The molecule has 3 nitrogen and oxygen atoms in total. The minimum atomic E-state index is 0.124. The molecule has 3 heteroatoms. The van der Waals surface area contributed by atoms with Crippen LogP contribution in [0.15, 0.2) is 0 Å². The molecule has 0 atom stereocenters. The van der Waals surface area contributed by atoms with Crippen LogP contribution in [-0.4, -0.2) is 23.0 Å². The van der Waals surface area contributed by atoms with Gasteiger partial charge in [-0.05, 0) is 37.0 Å². The van der Waals surface area contributed by atoms with Crippen molar-refractivity contribution in [2.24, 2.45) is 5.92 Å². The standard InChI is InChI=1S/C20H36N2O/c1-8-16-17(19(2,3)4)18(20(5,6)7)22(21-16)12-9-15-10-13-23-14-11-15/h15H,8-14H2,1-7H3. The zero-order valence-electron chi connectivity index (χ0n) is 16.3. The minimum absolute atomic E-state index is 0.124. The van der Waals surface area contributed by atoms with E-state index in [4.69, 9.17) is 9.84 Å². The zero-order valence-corrected chi connectivity index (χ0v) is 16.3. The van der Waals surface area contributed by atoms with Gasteiger partial charge in [-0.1, -0.05) is 48.5 Å². The van der Waals surface area contributed by atoms with E-state index in [1.165, 1.54) is 36.2 Å². The second-order valence-corrected chi connectivity index (χ2v) is 9.09. The van der Waals surface area contributed by atoms with Crippen LogP contribution >= 0.6 is 0 Å². The molecule has 23 heavy (non-hydrogen) atoms. The quantitative estimate of drug-likeness (QED) is 0.792. The third kappa shape index (κ3) is 4.37. The van der Waals surface area contributed by atoms with Gasteiger partial charge in [-0.2, -0.15) is 5.10 Å². The molecule has 0 bridgehead atoms. The third-order valence-electron chi connectivity index (χ3n) is 4.91. The fourth-order valence-electron chi connectivity index (χ4n) is 3.81. The molecule has 0 spiro atoms. The molecule has 0 amide bonds. The van der Waals surface area contributed by atoms with Crippen molar-refractivity contribution < 1.29 is 4.74 Å². The Bertz CT molecular complexity index is 511. The van der Waals surface area contributed by atoms with Gasteiger partial charge in [0.1, 0.15) is 0 Å². The van der Waals surface area contributed by atoms with Crippen molar-refractivity contribution in [3.8, 4) is 0 Å². The van der Waals surface area contributed by atoms with Gasteiger partial charge in [0.2, 0.25) is 0 Å². The van der Waals surface area contributed by atoms with Crippen LogP contribution in [0.3, 0.4) is 0 Å². The van der Waals surface area contributed by atoms with Crippen LogP contribution in [0, 0.1) is 5.92 Å². The maximum absolute atomic E-state index is 5.49. The highest BCUT2D eigenvalue weighted by Gasteiger charge is 2.32. The number of hydrogen-bond acceptors (Lipinski definition) is 2. The Hall–Kier alpha value is -0.830. The summed E-state index contributed by atoms with van der Waals surface area (Å²) in [6.45, 7) is 19.1. The first-order valence-corrected chi connectivity index (χ1v) is 9.33. The number of aryl methyl sites for hydroxylation is 2. The van der Waals surface area contributed by atoms with E-state index in [9.17, 15) is 0 Å². The van der Waals surface area contributed by atoms with E-state index in [1.807, 2.05) is 0 Å². The van der Waals surface area contributed by atoms with Crippen molar-refractivity contribution in [1.82, 2.24) is 9.78 Å². The average Bonchev–Trinajstić information content (AvgIpc) is 2.85. The first kappa shape index (κ1) is 18.5. The summed E-state index contributed by atoms with van der Waals surface area (Å²) in [5.41, 5.74) is 4.46. The maximum Gasteiger partial charge on any atom is 0.0662 e. The summed E-state index contributed by atoms with van der Waals surface area (Å²) in [5, 5.41) is 5.03. The van der Waals surface area contributed by atoms with Gasteiger partial charge in [0, 0.05) is 36.4 Å². The molecule has 1 aliphatic rings. The van der Waals surface area contributed by atoms with E-state index >= 15 is 0 Å². The second-order valence-electron chi connectivity index (χ2n) is 9.09. The van der Waals surface area contributed by atoms with Crippen molar-refractivity contribution >= 4 is 0 Å². The second kappa shape index (κ2) is 6.96. The van der Waals surface area contributed by atoms with Gasteiger partial charge in [-0.15, -0.1) is 0 Å². The highest BCUT2D eigenvalue weighted by Crippen LogP contribution is 2.37. The number of nitrogens with zero attached hydrogens (tertiary/aromatic N) is 2. The van der Waals surface area contributed by atoms with Gasteiger partial charge >= 0.3 is 0 Å². The van der Waals surface area contributed by atoms with E-state index in [0.29, 0.717) is 0 Å². The molecule has 1 saturated heterocycles. The minimum Gasteiger partial charge on any atom is -0.381 e. The molecule has 2 rings (SSSR count). The Balaban J connectivity index is 2.32. The summed E-state index contributed by atoms with van der Waals surface area (Å²) in [4.78, 5) is 0. The molecule has 0 aliphatic carbocycles. The highest BCUT2D eigenvalue weighted by molar-refractivity contribution is 5.37. The molecule has 1 aliphatic heterocycles. The lowest BCUT2D eigenvalue weighted by atomic mass is 9.77. The van der Waals surface area contributed by atoms with Gasteiger partial charge in [0.15, 0.2) is 0 Å². The number of ether oxygens (including phenoxy) is 1. The Morgan fingerprint density at radius 3 is 2.13 bits per heavy atom. The Morgan fingerprint density at radius 2 is 1.65 bits per heavy atom. The normalized spacial score (nSPS) is 17.7. The predicted molar refractivity (Wildman–Crippen MR) is 97.2 cm³/mol. The molecule has 0 unspecified atom stereocenters. The van der Waals surface area contributed by atoms with Crippen LogP contribution in [-0.2, 0) is 28.5 Å². The Morgan fingerprint density at radius 1 is 1.04 bits per heavy atom. The molecular weight excluding hydrogens is 284 g/mol. The van der Waals surface area contributed by atoms with Crippen molar-refractivity contribution in [2.75, 3.05) is 13.2 Å². The van der Waals surface area contributed by atoms with Crippen LogP contribution in [0.1, 0.15) is 84.7 Å². The lowest BCUT2D eigenvalue weighted by Gasteiger charge is -2.29. The van der Waals surface area contributed by atoms with Crippen LogP contribution in [0.2, 0.25) is 0 Å². The van der Waals surface area contributed by atoms with Gasteiger partial charge in [0.25, 0.3) is 0 Å². The van der Waals surface area contributed by atoms with Crippen LogP contribution < -0.4 is 0 Å². The van der Waals surface area contributed by atoms with Crippen LogP contribution in [0.4, 0.5) is 0 Å². The molecular formula is C20H36N2O. The van der Waals surface area contributed by atoms with E-state index in [-0.39, 0.29) is 10.8 Å². The summed E-state index contributed by atoms with van der Waals surface area (Å²) in [6, 6.07) is 0. The molecule has 0 N–H and O–H groups in total. The molecule has 1 aromatic rings. The number of rotatable bonds is 4. The van der Waals surface area contributed by atoms with E-state index in [1.54, 1.807) is 0 Å². The predicted octanol–water partition coefficient (Wildman–Crippen LogP) is 4.86. The van der Waals surface area contributed by atoms with Crippen molar-refractivity contribution in [3.63, 3.8) is 0 Å². The SMILES string of the molecule is CCc1nn(CCC2CCOCC2)c(C(C)(C)C)c1C(C)(C)C. The first-order valence-electron chi connectivity index (χ1n) is 9.33.